The molecule has 3 aliphatic rings. The first-order valence-corrected chi connectivity index (χ1v) is 6.88. The first-order chi connectivity index (χ1) is 7.31. The number of aliphatic hydroxyl groups is 1. The maximum Gasteiger partial charge on any atom is 0.0653 e. The number of hydrogen-bond acceptors (Lipinski definition) is 1. The Labute approximate surface area is 99.6 Å². The van der Waals surface area contributed by atoms with Crippen LogP contribution in [-0.4, -0.2) is 10.7 Å². The summed E-state index contributed by atoms with van der Waals surface area (Å²) in [7, 11) is 0. The molecule has 3 rings (SSSR count). The molecule has 1 spiro atoms. The molecular formula is C15H25O. The second-order valence-corrected chi connectivity index (χ2v) is 7.38. The highest BCUT2D eigenvalue weighted by Gasteiger charge is 2.67. The molecule has 0 aliphatic heterocycles. The molecule has 3 aliphatic carbocycles. The third kappa shape index (κ3) is 1.06. The molecule has 4 unspecified atom stereocenters. The van der Waals surface area contributed by atoms with Crippen molar-refractivity contribution in [3.63, 3.8) is 0 Å². The molecular weight excluding hydrogens is 196 g/mol. The zero-order valence-electron chi connectivity index (χ0n) is 10.9. The van der Waals surface area contributed by atoms with Crippen molar-refractivity contribution in [2.24, 2.45) is 28.6 Å². The molecule has 2 bridgehead atoms. The summed E-state index contributed by atoms with van der Waals surface area (Å²) in [4.78, 5) is 0. The summed E-state index contributed by atoms with van der Waals surface area (Å²) < 4.78 is 0. The van der Waals surface area contributed by atoms with Gasteiger partial charge in [-0.2, -0.15) is 0 Å². The van der Waals surface area contributed by atoms with E-state index in [-0.39, 0.29) is 5.41 Å². The topological polar surface area (TPSA) is 20.2 Å². The lowest BCUT2D eigenvalue weighted by atomic mass is 9.64. The standard InChI is InChI=1S/C15H25O/c1-10-5-6-11-13(2,3)12-9-15(10,11)8-7-14(12,4)16/h10-12,16H,2,5-9H2,1,3-4H3/t10?,11-,12?,13?,14-,15?/m1/s1. The third-order valence-electron chi connectivity index (χ3n) is 6.59. The molecule has 1 heteroatoms. The first kappa shape index (κ1) is 11.1. The lowest BCUT2D eigenvalue weighted by molar-refractivity contribution is -0.0673. The summed E-state index contributed by atoms with van der Waals surface area (Å²) in [5, 5.41) is 10.6. The van der Waals surface area contributed by atoms with Gasteiger partial charge in [0, 0.05) is 0 Å². The van der Waals surface area contributed by atoms with Crippen molar-refractivity contribution in [1.29, 1.82) is 0 Å². The minimum absolute atomic E-state index is 0.102. The van der Waals surface area contributed by atoms with E-state index in [1.54, 1.807) is 0 Å². The zero-order chi connectivity index (χ0) is 11.8. The minimum atomic E-state index is -0.466. The summed E-state index contributed by atoms with van der Waals surface area (Å²) >= 11 is 0. The van der Waals surface area contributed by atoms with Crippen LogP contribution in [0.1, 0.15) is 52.9 Å². The Hall–Kier alpha value is -0.0400. The maximum absolute atomic E-state index is 10.6. The fourth-order valence-corrected chi connectivity index (χ4v) is 5.63. The quantitative estimate of drug-likeness (QED) is 0.664. The van der Waals surface area contributed by atoms with Crippen LogP contribution < -0.4 is 0 Å². The van der Waals surface area contributed by atoms with Crippen LogP contribution in [0.2, 0.25) is 0 Å². The molecule has 1 nitrogen and oxygen atoms in total. The van der Waals surface area contributed by atoms with Crippen molar-refractivity contribution < 1.29 is 5.11 Å². The van der Waals surface area contributed by atoms with Gasteiger partial charge in [0.1, 0.15) is 0 Å². The zero-order valence-corrected chi connectivity index (χ0v) is 10.9. The fraction of sp³-hybridized carbons (Fsp3) is 0.933. The molecule has 16 heavy (non-hydrogen) atoms. The van der Waals surface area contributed by atoms with E-state index in [0.29, 0.717) is 11.3 Å². The minimum Gasteiger partial charge on any atom is -0.390 e. The van der Waals surface area contributed by atoms with Gasteiger partial charge >= 0.3 is 0 Å². The average Bonchev–Trinajstić information content (AvgIpc) is 2.58. The summed E-state index contributed by atoms with van der Waals surface area (Å²) in [6.45, 7) is 11.3. The second kappa shape index (κ2) is 2.85. The van der Waals surface area contributed by atoms with E-state index in [4.69, 9.17) is 0 Å². The third-order valence-corrected chi connectivity index (χ3v) is 6.59. The number of hydrogen-bond donors (Lipinski definition) is 1. The van der Waals surface area contributed by atoms with Crippen LogP contribution in [0, 0.1) is 35.5 Å². The molecule has 3 saturated carbocycles. The maximum atomic E-state index is 10.6. The Morgan fingerprint density at radius 3 is 2.50 bits per heavy atom. The van der Waals surface area contributed by atoms with E-state index in [0.717, 1.165) is 18.3 Å². The molecule has 0 heterocycles. The van der Waals surface area contributed by atoms with E-state index in [2.05, 4.69) is 20.8 Å². The van der Waals surface area contributed by atoms with E-state index in [9.17, 15) is 5.11 Å². The van der Waals surface area contributed by atoms with Crippen LogP contribution in [-0.2, 0) is 0 Å². The van der Waals surface area contributed by atoms with Crippen molar-refractivity contribution in [1.82, 2.24) is 0 Å². The summed E-state index contributed by atoms with van der Waals surface area (Å²) in [6.07, 6.45) is 6.17. The molecule has 3 fully saturated rings. The lowest BCUT2D eigenvalue weighted by Gasteiger charge is -2.44. The number of fused-ring (bicyclic) bond motifs is 1. The highest BCUT2D eigenvalue weighted by molar-refractivity contribution is 5.18. The normalized spacial score (nSPS) is 58.7. The smallest absolute Gasteiger partial charge is 0.0653 e. The monoisotopic (exact) mass is 221 g/mol. The largest absolute Gasteiger partial charge is 0.390 e. The number of rotatable bonds is 0. The SMILES string of the molecule is [CH2]C1(C)C2CC3(CC[C@@]2(C)O)C(C)CC[C@H]13. The van der Waals surface area contributed by atoms with Crippen molar-refractivity contribution in [2.75, 3.05) is 0 Å². The van der Waals surface area contributed by atoms with Gasteiger partial charge in [0.2, 0.25) is 0 Å². The molecule has 6 atom stereocenters. The Bertz CT molecular complexity index is 313. The van der Waals surface area contributed by atoms with Gasteiger partial charge in [-0.15, -0.1) is 0 Å². The van der Waals surface area contributed by atoms with Gasteiger partial charge in [0.05, 0.1) is 5.60 Å². The van der Waals surface area contributed by atoms with Crippen LogP contribution >= 0.6 is 0 Å². The molecule has 1 radical (unpaired) electrons. The Kier molecular flexibility index (Phi) is 1.98. The Morgan fingerprint density at radius 2 is 1.81 bits per heavy atom. The summed E-state index contributed by atoms with van der Waals surface area (Å²) in [5.41, 5.74) is 0.167. The van der Waals surface area contributed by atoms with Gasteiger partial charge in [0.25, 0.3) is 0 Å². The molecule has 0 aromatic heterocycles. The van der Waals surface area contributed by atoms with E-state index in [1.165, 1.54) is 25.7 Å². The predicted molar refractivity (Wildman–Crippen MR) is 65.7 cm³/mol. The van der Waals surface area contributed by atoms with Gasteiger partial charge in [-0.1, -0.05) is 13.8 Å². The van der Waals surface area contributed by atoms with E-state index in [1.807, 2.05) is 6.92 Å². The summed E-state index contributed by atoms with van der Waals surface area (Å²) in [6, 6.07) is 0. The second-order valence-electron chi connectivity index (χ2n) is 7.38. The van der Waals surface area contributed by atoms with Crippen LogP contribution in [0.25, 0.3) is 0 Å². The lowest BCUT2D eigenvalue weighted by Crippen LogP contribution is -2.44. The van der Waals surface area contributed by atoms with Gasteiger partial charge in [-0.3, -0.25) is 0 Å². The molecule has 0 saturated heterocycles. The highest BCUT2D eigenvalue weighted by atomic mass is 16.3. The molecule has 0 aromatic rings. The Balaban J connectivity index is 2.07. The van der Waals surface area contributed by atoms with Crippen LogP contribution in [0.5, 0.6) is 0 Å². The van der Waals surface area contributed by atoms with Crippen molar-refractivity contribution in [2.45, 2.75) is 58.5 Å². The molecule has 1 N–H and O–H groups in total. The van der Waals surface area contributed by atoms with Crippen LogP contribution in [0.3, 0.4) is 0 Å². The van der Waals surface area contributed by atoms with Gasteiger partial charge in [-0.25, -0.2) is 0 Å². The van der Waals surface area contributed by atoms with Crippen LogP contribution in [0.4, 0.5) is 0 Å². The van der Waals surface area contributed by atoms with Gasteiger partial charge < -0.3 is 5.11 Å². The fourth-order valence-electron chi connectivity index (χ4n) is 5.63. The predicted octanol–water partition coefficient (Wildman–Crippen LogP) is 3.42. The van der Waals surface area contributed by atoms with Crippen molar-refractivity contribution >= 4 is 0 Å². The molecule has 0 aromatic carbocycles. The summed E-state index contributed by atoms with van der Waals surface area (Å²) in [5.74, 6) is 2.02. The van der Waals surface area contributed by atoms with Crippen LogP contribution in [0.15, 0.2) is 0 Å². The van der Waals surface area contributed by atoms with Gasteiger partial charge in [0.15, 0.2) is 0 Å². The molecule has 0 amide bonds. The Morgan fingerprint density at radius 1 is 1.12 bits per heavy atom. The van der Waals surface area contributed by atoms with E-state index < -0.39 is 5.60 Å². The highest BCUT2D eigenvalue weighted by Crippen LogP contribution is 2.72. The first-order valence-electron chi connectivity index (χ1n) is 6.88. The average molecular weight is 221 g/mol. The molecule has 91 valence electrons. The van der Waals surface area contributed by atoms with Gasteiger partial charge in [-0.05, 0) is 74.5 Å². The van der Waals surface area contributed by atoms with E-state index >= 15 is 0 Å². The van der Waals surface area contributed by atoms with Crippen molar-refractivity contribution in [3.8, 4) is 0 Å². The van der Waals surface area contributed by atoms with Crippen molar-refractivity contribution in [3.05, 3.63) is 6.92 Å².